The summed E-state index contributed by atoms with van der Waals surface area (Å²) in [5.74, 6) is -1.38. The first-order chi connectivity index (χ1) is 9.04. The molecule has 19 heavy (non-hydrogen) atoms. The van der Waals surface area contributed by atoms with Crippen molar-refractivity contribution in [1.82, 2.24) is 0 Å². The number of aliphatic hydroxyl groups excluding tert-OH is 1. The minimum absolute atomic E-state index is 0.0343. The van der Waals surface area contributed by atoms with Gasteiger partial charge in [0.25, 0.3) is 0 Å². The molecule has 0 bridgehead atoms. The van der Waals surface area contributed by atoms with Gasteiger partial charge < -0.3 is 15.7 Å². The summed E-state index contributed by atoms with van der Waals surface area (Å²) in [5.41, 5.74) is 5.94. The normalized spacial score (nSPS) is 24.6. The summed E-state index contributed by atoms with van der Waals surface area (Å²) in [6.45, 7) is 2.20. The SMILES string of the molecule is CCON=C(C1=C(O)CC(C(N)=O)CC1=O)C1CC1. The summed E-state index contributed by atoms with van der Waals surface area (Å²) in [7, 11) is 0. The Morgan fingerprint density at radius 2 is 2.11 bits per heavy atom. The number of nitrogens with two attached hydrogens (primary N) is 1. The Morgan fingerprint density at radius 3 is 2.58 bits per heavy atom. The molecule has 0 aliphatic heterocycles. The van der Waals surface area contributed by atoms with Gasteiger partial charge in [0, 0.05) is 18.8 Å². The third kappa shape index (κ3) is 2.94. The van der Waals surface area contributed by atoms with Gasteiger partial charge in [0.1, 0.15) is 12.4 Å². The van der Waals surface area contributed by atoms with E-state index in [1.807, 2.05) is 0 Å². The minimum atomic E-state index is -0.621. The summed E-state index contributed by atoms with van der Waals surface area (Å²) in [4.78, 5) is 28.2. The van der Waals surface area contributed by atoms with Crippen LogP contribution in [0.1, 0.15) is 32.6 Å². The van der Waals surface area contributed by atoms with Gasteiger partial charge in [0.2, 0.25) is 5.91 Å². The lowest BCUT2D eigenvalue weighted by atomic mass is 9.84. The standard InChI is InChI=1S/C13H18N2O4/c1-2-19-15-12(7-3-4-7)11-9(16)5-8(13(14)18)6-10(11)17/h7-8,16H,2-6H2,1H3,(H2,14,18). The van der Waals surface area contributed by atoms with Gasteiger partial charge in [-0.2, -0.15) is 0 Å². The highest BCUT2D eigenvalue weighted by Crippen LogP contribution is 2.37. The van der Waals surface area contributed by atoms with E-state index in [0.717, 1.165) is 12.8 Å². The molecule has 1 amide bonds. The van der Waals surface area contributed by atoms with Gasteiger partial charge in [-0.25, -0.2) is 0 Å². The number of carbonyl (C=O) groups is 2. The van der Waals surface area contributed by atoms with E-state index in [1.165, 1.54) is 0 Å². The predicted molar refractivity (Wildman–Crippen MR) is 68.4 cm³/mol. The molecule has 0 aromatic heterocycles. The van der Waals surface area contributed by atoms with Crippen LogP contribution in [0, 0.1) is 11.8 Å². The zero-order valence-electron chi connectivity index (χ0n) is 10.9. The lowest BCUT2D eigenvalue weighted by molar-refractivity contribution is -0.126. The maximum Gasteiger partial charge on any atom is 0.221 e. The fourth-order valence-corrected chi connectivity index (χ4v) is 2.20. The summed E-state index contributed by atoms with van der Waals surface area (Å²) >= 11 is 0. The van der Waals surface area contributed by atoms with E-state index in [-0.39, 0.29) is 35.9 Å². The molecule has 2 rings (SSSR count). The van der Waals surface area contributed by atoms with E-state index >= 15 is 0 Å². The molecule has 1 unspecified atom stereocenters. The highest BCUT2D eigenvalue weighted by atomic mass is 16.6. The van der Waals surface area contributed by atoms with Crippen LogP contribution in [-0.2, 0) is 14.4 Å². The molecule has 1 fully saturated rings. The smallest absolute Gasteiger partial charge is 0.221 e. The van der Waals surface area contributed by atoms with Crippen molar-refractivity contribution in [3.05, 3.63) is 11.3 Å². The zero-order chi connectivity index (χ0) is 14.0. The molecule has 6 heteroatoms. The fraction of sp³-hybridized carbons (Fsp3) is 0.615. The zero-order valence-corrected chi connectivity index (χ0v) is 10.9. The lowest BCUT2D eigenvalue weighted by Crippen LogP contribution is -2.32. The molecule has 0 aromatic carbocycles. The molecule has 2 aliphatic carbocycles. The van der Waals surface area contributed by atoms with Crippen LogP contribution in [0.4, 0.5) is 0 Å². The van der Waals surface area contributed by atoms with Crippen LogP contribution in [-0.4, -0.2) is 29.1 Å². The van der Waals surface area contributed by atoms with E-state index in [1.54, 1.807) is 6.92 Å². The largest absolute Gasteiger partial charge is 0.511 e. The van der Waals surface area contributed by atoms with Gasteiger partial charge in [-0.05, 0) is 19.8 Å². The fourth-order valence-electron chi connectivity index (χ4n) is 2.20. The second-order valence-electron chi connectivity index (χ2n) is 4.92. The van der Waals surface area contributed by atoms with Gasteiger partial charge >= 0.3 is 0 Å². The van der Waals surface area contributed by atoms with Gasteiger partial charge in [-0.15, -0.1) is 0 Å². The van der Waals surface area contributed by atoms with Crippen molar-refractivity contribution >= 4 is 17.4 Å². The Bertz CT molecular complexity index is 463. The molecule has 1 saturated carbocycles. The third-order valence-electron chi connectivity index (χ3n) is 3.35. The first-order valence-corrected chi connectivity index (χ1v) is 6.49. The summed E-state index contributed by atoms with van der Waals surface area (Å²) in [6.07, 6.45) is 2.02. The van der Waals surface area contributed by atoms with Crippen molar-refractivity contribution in [3.8, 4) is 0 Å². The monoisotopic (exact) mass is 266 g/mol. The number of ketones is 1. The number of hydrogen-bond donors (Lipinski definition) is 2. The average Bonchev–Trinajstić information content (AvgIpc) is 3.16. The number of rotatable bonds is 5. The number of primary amides is 1. The van der Waals surface area contributed by atoms with Gasteiger partial charge in [0.15, 0.2) is 5.78 Å². The van der Waals surface area contributed by atoms with E-state index in [9.17, 15) is 14.7 Å². The summed E-state index contributed by atoms with van der Waals surface area (Å²) in [5, 5.41) is 14.0. The molecule has 104 valence electrons. The number of nitrogens with zero attached hydrogens (tertiary/aromatic N) is 1. The van der Waals surface area contributed by atoms with E-state index in [0.29, 0.717) is 12.3 Å². The van der Waals surface area contributed by atoms with Crippen LogP contribution in [0.5, 0.6) is 0 Å². The Hall–Kier alpha value is -1.85. The number of aliphatic hydroxyl groups is 1. The summed E-state index contributed by atoms with van der Waals surface area (Å²) in [6, 6.07) is 0. The Labute approximate surface area is 111 Å². The molecule has 0 spiro atoms. The topological polar surface area (TPSA) is 102 Å². The van der Waals surface area contributed by atoms with Crippen molar-refractivity contribution in [2.45, 2.75) is 32.6 Å². The van der Waals surface area contributed by atoms with Crippen molar-refractivity contribution in [3.63, 3.8) is 0 Å². The van der Waals surface area contributed by atoms with E-state index in [4.69, 9.17) is 10.6 Å². The van der Waals surface area contributed by atoms with Crippen LogP contribution in [0.15, 0.2) is 16.5 Å². The number of carbonyl (C=O) groups excluding carboxylic acids is 2. The van der Waals surface area contributed by atoms with Crippen molar-refractivity contribution in [2.24, 2.45) is 22.7 Å². The molecule has 6 nitrogen and oxygen atoms in total. The van der Waals surface area contributed by atoms with Gasteiger partial charge in [-0.3, -0.25) is 9.59 Å². The molecule has 0 radical (unpaired) electrons. The number of amides is 1. The number of hydrogen-bond acceptors (Lipinski definition) is 5. The second-order valence-corrected chi connectivity index (χ2v) is 4.92. The minimum Gasteiger partial charge on any atom is -0.511 e. The molecule has 0 saturated heterocycles. The van der Waals surface area contributed by atoms with Crippen LogP contribution in [0.3, 0.4) is 0 Å². The first kappa shape index (κ1) is 13.6. The van der Waals surface area contributed by atoms with E-state index in [2.05, 4.69) is 5.16 Å². The maximum absolute atomic E-state index is 12.1. The molecular weight excluding hydrogens is 248 g/mol. The number of allylic oxidation sites excluding steroid dienone is 2. The third-order valence-corrected chi connectivity index (χ3v) is 3.35. The lowest BCUT2D eigenvalue weighted by Gasteiger charge is -2.21. The predicted octanol–water partition coefficient (Wildman–Crippen LogP) is 1.07. The van der Waals surface area contributed by atoms with Crippen LogP contribution in [0.2, 0.25) is 0 Å². The maximum atomic E-state index is 12.1. The van der Waals surface area contributed by atoms with Crippen molar-refractivity contribution in [2.75, 3.05) is 6.61 Å². The Morgan fingerprint density at radius 1 is 1.42 bits per heavy atom. The highest BCUT2D eigenvalue weighted by molar-refractivity contribution is 6.24. The number of Topliss-reactive ketones (excluding diaryl/α,β-unsaturated/α-hetero) is 1. The average molecular weight is 266 g/mol. The Kier molecular flexibility index (Phi) is 3.87. The van der Waals surface area contributed by atoms with Crippen LogP contribution >= 0.6 is 0 Å². The van der Waals surface area contributed by atoms with E-state index < -0.39 is 11.8 Å². The number of oxime groups is 1. The first-order valence-electron chi connectivity index (χ1n) is 6.49. The Balaban J connectivity index is 2.28. The quantitative estimate of drug-likeness (QED) is 0.573. The second kappa shape index (κ2) is 5.42. The molecule has 0 aromatic rings. The summed E-state index contributed by atoms with van der Waals surface area (Å²) < 4.78 is 0. The highest BCUT2D eigenvalue weighted by Gasteiger charge is 2.39. The molecular formula is C13H18N2O4. The van der Waals surface area contributed by atoms with Crippen molar-refractivity contribution in [1.29, 1.82) is 0 Å². The molecule has 1 atom stereocenters. The molecule has 0 heterocycles. The molecule has 2 aliphatic rings. The molecule has 3 N–H and O–H groups in total. The van der Waals surface area contributed by atoms with Crippen molar-refractivity contribution < 1.29 is 19.5 Å². The van der Waals surface area contributed by atoms with Gasteiger partial charge in [-0.1, -0.05) is 5.16 Å². The van der Waals surface area contributed by atoms with Crippen LogP contribution < -0.4 is 5.73 Å². The van der Waals surface area contributed by atoms with Crippen LogP contribution in [0.25, 0.3) is 0 Å². The van der Waals surface area contributed by atoms with Gasteiger partial charge in [0.05, 0.1) is 17.2 Å².